The first kappa shape index (κ1) is 25.9. The number of carboxylic acid groups (broad SMARTS) is 1. The molecule has 3 aromatic rings. The van der Waals surface area contributed by atoms with E-state index in [1.54, 1.807) is 25.3 Å². The predicted octanol–water partition coefficient (Wildman–Crippen LogP) is -0.485. The SMILES string of the molecule is COc1ccc(C2(OCc3ccccc3)NC(c3ccccc3)C(C(=O)[O-])O2)c(OC)c1.[K+]. The van der Waals surface area contributed by atoms with Gasteiger partial charge in [-0.2, -0.15) is 0 Å². The van der Waals surface area contributed by atoms with Crippen molar-refractivity contribution in [2.75, 3.05) is 14.2 Å². The second-order valence-electron chi connectivity index (χ2n) is 7.35. The summed E-state index contributed by atoms with van der Waals surface area (Å²) < 4.78 is 23.2. The average molecular weight is 474 g/mol. The van der Waals surface area contributed by atoms with Crippen LogP contribution in [-0.4, -0.2) is 26.3 Å². The first-order valence-corrected chi connectivity index (χ1v) is 10.2. The van der Waals surface area contributed by atoms with E-state index in [-0.39, 0.29) is 58.0 Å². The number of carbonyl (C=O) groups excluding carboxylic acids is 1. The molecule has 1 aliphatic heterocycles. The molecule has 0 aromatic heterocycles. The summed E-state index contributed by atoms with van der Waals surface area (Å²) in [6.45, 7) is 0.171. The van der Waals surface area contributed by atoms with E-state index in [1.165, 1.54) is 7.11 Å². The van der Waals surface area contributed by atoms with Crippen molar-refractivity contribution in [2.45, 2.75) is 24.7 Å². The van der Waals surface area contributed by atoms with E-state index < -0.39 is 24.0 Å². The van der Waals surface area contributed by atoms with Gasteiger partial charge in [0.2, 0.25) is 0 Å². The maximum Gasteiger partial charge on any atom is 1.00 e. The van der Waals surface area contributed by atoms with Crippen LogP contribution in [0, 0.1) is 0 Å². The Balaban J connectivity index is 0.00000306. The van der Waals surface area contributed by atoms with Gasteiger partial charge < -0.3 is 28.8 Å². The van der Waals surface area contributed by atoms with E-state index in [0.29, 0.717) is 17.1 Å². The molecule has 166 valence electrons. The Hall–Kier alpha value is -1.75. The van der Waals surface area contributed by atoms with Crippen LogP contribution in [-0.2, 0) is 26.8 Å². The molecule has 1 N–H and O–H groups in total. The van der Waals surface area contributed by atoms with Crippen LogP contribution >= 0.6 is 0 Å². The standard InChI is InChI=1S/C25H25NO6.K/c1-29-19-13-14-20(21(15-19)30-2)25(31-16-17-9-5-3-6-10-17)26-22(23(32-25)24(27)28)18-11-7-4-8-12-18;/h3-15,22-23,26H,16H2,1-2H3,(H,27,28);/q;+1/p-1. The molecule has 1 fully saturated rings. The third-order valence-electron chi connectivity index (χ3n) is 5.38. The summed E-state index contributed by atoms with van der Waals surface area (Å²) in [6.07, 6.45) is -1.29. The third-order valence-corrected chi connectivity index (χ3v) is 5.38. The van der Waals surface area contributed by atoms with Crippen molar-refractivity contribution < 1.29 is 80.2 Å². The molecule has 4 rings (SSSR count). The predicted molar refractivity (Wildman–Crippen MR) is 115 cm³/mol. The maximum absolute atomic E-state index is 12.1. The van der Waals surface area contributed by atoms with Crippen LogP contribution in [0.3, 0.4) is 0 Å². The molecule has 1 aliphatic rings. The minimum Gasteiger partial charge on any atom is -0.547 e. The van der Waals surface area contributed by atoms with Gasteiger partial charge in [-0.25, -0.2) is 0 Å². The topological polar surface area (TPSA) is 89.1 Å². The second-order valence-corrected chi connectivity index (χ2v) is 7.35. The van der Waals surface area contributed by atoms with Crippen molar-refractivity contribution >= 4 is 5.97 Å². The average Bonchev–Trinajstić information content (AvgIpc) is 3.25. The molecule has 0 radical (unpaired) electrons. The fourth-order valence-electron chi connectivity index (χ4n) is 3.79. The van der Waals surface area contributed by atoms with E-state index in [1.807, 2.05) is 60.7 Å². The van der Waals surface area contributed by atoms with Crippen molar-refractivity contribution in [1.29, 1.82) is 0 Å². The van der Waals surface area contributed by atoms with Crippen molar-refractivity contribution in [3.63, 3.8) is 0 Å². The van der Waals surface area contributed by atoms with Gasteiger partial charge in [0.15, 0.2) is 0 Å². The molecular formula is C25H24KNO6. The Morgan fingerprint density at radius 2 is 1.67 bits per heavy atom. The molecule has 3 unspecified atom stereocenters. The Labute approximate surface area is 235 Å². The molecule has 3 atom stereocenters. The molecular weight excluding hydrogens is 449 g/mol. The van der Waals surface area contributed by atoms with Gasteiger partial charge in [0.05, 0.1) is 38.4 Å². The maximum atomic E-state index is 12.1. The summed E-state index contributed by atoms with van der Waals surface area (Å²) in [5.74, 6) is -1.93. The Bertz CT molecular complexity index is 1070. The Morgan fingerprint density at radius 1 is 1.00 bits per heavy atom. The Kier molecular flexibility index (Phi) is 9.08. The minimum atomic E-state index is -1.60. The second kappa shape index (κ2) is 11.6. The van der Waals surface area contributed by atoms with Gasteiger partial charge in [-0.3, -0.25) is 5.32 Å². The van der Waals surface area contributed by atoms with Crippen LogP contribution in [0.5, 0.6) is 11.5 Å². The fourth-order valence-corrected chi connectivity index (χ4v) is 3.79. The molecule has 0 saturated carbocycles. The summed E-state index contributed by atoms with van der Waals surface area (Å²) in [4.78, 5) is 12.1. The zero-order valence-corrected chi connectivity index (χ0v) is 21.9. The number of benzene rings is 3. The van der Waals surface area contributed by atoms with Crippen LogP contribution in [0.4, 0.5) is 0 Å². The molecule has 8 heteroatoms. The number of hydrogen-bond acceptors (Lipinski definition) is 7. The van der Waals surface area contributed by atoms with Gasteiger partial charge in [-0.1, -0.05) is 60.7 Å². The molecule has 1 heterocycles. The summed E-state index contributed by atoms with van der Waals surface area (Å²) in [5, 5.41) is 15.3. The summed E-state index contributed by atoms with van der Waals surface area (Å²) in [5.41, 5.74) is 2.12. The third kappa shape index (κ3) is 5.67. The first-order chi connectivity index (χ1) is 15.6. The monoisotopic (exact) mass is 473 g/mol. The summed E-state index contributed by atoms with van der Waals surface area (Å²) in [7, 11) is 3.07. The molecule has 0 amide bonds. The van der Waals surface area contributed by atoms with Crippen LogP contribution < -0.4 is 71.3 Å². The molecule has 7 nitrogen and oxygen atoms in total. The minimum absolute atomic E-state index is 0. The molecule has 33 heavy (non-hydrogen) atoms. The quantitative estimate of drug-likeness (QED) is 0.442. The van der Waals surface area contributed by atoms with E-state index in [2.05, 4.69) is 5.32 Å². The number of nitrogens with one attached hydrogen (secondary N) is 1. The van der Waals surface area contributed by atoms with Crippen molar-refractivity contribution in [3.8, 4) is 11.5 Å². The summed E-state index contributed by atoms with van der Waals surface area (Å²) in [6, 6.07) is 23.2. The van der Waals surface area contributed by atoms with Crippen LogP contribution in [0.15, 0.2) is 78.9 Å². The van der Waals surface area contributed by atoms with Gasteiger partial charge >= 0.3 is 51.4 Å². The number of aliphatic carboxylic acids is 1. The molecule has 0 aliphatic carbocycles. The number of carboxylic acids is 1. The molecule has 1 saturated heterocycles. The van der Waals surface area contributed by atoms with Gasteiger partial charge in [0, 0.05) is 6.07 Å². The normalized spacial score (nSPS) is 21.8. The first-order valence-electron chi connectivity index (χ1n) is 10.2. The van der Waals surface area contributed by atoms with E-state index in [9.17, 15) is 9.90 Å². The number of carbonyl (C=O) groups is 1. The van der Waals surface area contributed by atoms with Crippen molar-refractivity contribution in [2.24, 2.45) is 0 Å². The molecule has 3 aromatic carbocycles. The van der Waals surface area contributed by atoms with Crippen molar-refractivity contribution in [1.82, 2.24) is 5.32 Å². The van der Waals surface area contributed by atoms with Crippen LogP contribution in [0.2, 0.25) is 0 Å². The Morgan fingerprint density at radius 3 is 2.27 bits per heavy atom. The van der Waals surface area contributed by atoms with Gasteiger partial charge in [0.25, 0.3) is 5.91 Å². The smallest absolute Gasteiger partial charge is 0.547 e. The fraction of sp³-hybridized carbons (Fsp3) is 0.240. The molecule has 0 spiro atoms. The van der Waals surface area contributed by atoms with Crippen LogP contribution in [0.25, 0.3) is 0 Å². The zero-order chi connectivity index (χ0) is 22.6. The summed E-state index contributed by atoms with van der Waals surface area (Å²) >= 11 is 0. The largest absolute Gasteiger partial charge is 1.00 e. The van der Waals surface area contributed by atoms with Gasteiger partial charge in [0.1, 0.15) is 17.6 Å². The number of rotatable bonds is 8. The zero-order valence-electron chi connectivity index (χ0n) is 18.8. The number of ether oxygens (including phenoxy) is 4. The molecule has 0 bridgehead atoms. The number of methoxy groups -OCH3 is 2. The number of hydrogen-bond donors (Lipinski definition) is 1. The van der Waals surface area contributed by atoms with Crippen LogP contribution in [0.1, 0.15) is 22.7 Å². The van der Waals surface area contributed by atoms with Gasteiger partial charge in [-0.05, 0) is 23.3 Å². The van der Waals surface area contributed by atoms with Crippen molar-refractivity contribution in [3.05, 3.63) is 95.6 Å². The van der Waals surface area contributed by atoms with E-state index in [0.717, 1.165) is 11.1 Å². The van der Waals surface area contributed by atoms with E-state index >= 15 is 0 Å². The van der Waals surface area contributed by atoms with E-state index in [4.69, 9.17) is 18.9 Å². The van der Waals surface area contributed by atoms with Gasteiger partial charge in [-0.15, -0.1) is 0 Å².